The lowest BCUT2D eigenvalue weighted by Gasteiger charge is -2.24. The summed E-state index contributed by atoms with van der Waals surface area (Å²) in [5.74, 6) is -0.520. The van der Waals surface area contributed by atoms with E-state index in [1.807, 2.05) is 31.2 Å². The molecule has 0 unspecified atom stereocenters. The highest BCUT2D eigenvalue weighted by atomic mass is 35.5. The largest absolute Gasteiger partial charge is 0.444 e. The van der Waals surface area contributed by atoms with Gasteiger partial charge in [-0.2, -0.15) is 0 Å². The van der Waals surface area contributed by atoms with Crippen LogP contribution >= 0.6 is 11.6 Å². The zero-order chi connectivity index (χ0) is 25.6. The Balaban J connectivity index is 1.81. The Bertz CT molecular complexity index is 1170. The average molecular weight is 497 g/mol. The van der Waals surface area contributed by atoms with E-state index in [4.69, 9.17) is 16.3 Å². The Hall–Kier alpha value is -3.38. The Morgan fingerprint density at radius 1 is 0.943 bits per heavy atom. The number of halogens is 2. The van der Waals surface area contributed by atoms with Crippen LogP contribution in [0.15, 0.2) is 66.7 Å². The Morgan fingerprint density at radius 2 is 1.63 bits per heavy atom. The fraction of sp³-hybridized carbons (Fsp3) is 0.286. The second kappa shape index (κ2) is 11.4. The topological polar surface area (TPSA) is 58.6 Å². The van der Waals surface area contributed by atoms with Gasteiger partial charge >= 0.3 is 6.09 Å². The number of aryl methyl sites for hydroxylation is 1. The summed E-state index contributed by atoms with van der Waals surface area (Å²) in [5, 5.41) is 3.31. The molecule has 0 aliphatic heterocycles. The van der Waals surface area contributed by atoms with Crippen LogP contribution in [0.25, 0.3) is 0 Å². The van der Waals surface area contributed by atoms with Crippen molar-refractivity contribution >= 4 is 23.6 Å². The zero-order valence-corrected chi connectivity index (χ0v) is 21.2. The standard InChI is InChI=1S/C28H30ClFN2O3/c1-19-12-22(15-24(29)13-19)18-32(17-20-8-10-25(30)11-9-20)26(33)23-7-5-6-21(14-23)16-31-27(34)35-28(2,3)4/h5-15H,16-18H2,1-4H3,(H,31,34). The smallest absolute Gasteiger partial charge is 0.407 e. The third-order valence-electron chi connectivity index (χ3n) is 5.06. The van der Waals surface area contributed by atoms with Crippen molar-refractivity contribution in [3.05, 3.63) is 105 Å². The lowest BCUT2D eigenvalue weighted by Crippen LogP contribution is -2.32. The summed E-state index contributed by atoms with van der Waals surface area (Å²) in [6.07, 6.45) is -0.525. The molecule has 0 bridgehead atoms. The molecule has 184 valence electrons. The summed E-state index contributed by atoms with van der Waals surface area (Å²) in [5.41, 5.74) is 3.35. The molecule has 1 N–H and O–H groups in total. The van der Waals surface area contributed by atoms with Gasteiger partial charge in [0.2, 0.25) is 0 Å². The molecule has 0 radical (unpaired) electrons. The molecule has 0 aromatic heterocycles. The summed E-state index contributed by atoms with van der Waals surface area (Å²) in [7, 11) is 0. The van der Waals surface area contributed by atoms with Crippen molar-refractivity contribution < 1.29 is 18.7 Å². The summed E-state index contributed by atoms with van der Waals surface area (Å²) >= 11 is 6.24. The van der Waals surface area contributed by atoms with E-state index in [2.05, 4.69) is 5.32 Å². The fourth-order valence-electron chi connectivity index (χ4n) is 3.62. The zero-order valence-electron chi connectivity index (χ0n) is 20.4. The van der Waals surface area contributed by atoms with Crippen LogP contribution in [0.4, 0.5) is 9.18 Å². The van der Waals surface area contributed by atoms with Gasteiger partial charge in [-0.1, -0.05) is 41.9 Å². The van der Waals surface area contributed by atoms with Crippen molar-refractivity contribution in [3.8, 4) is 0 Å². The van der Waals surface area contributed by atoms with Crippen LogP contribution in [0.3, 0.4) is 0 Å². The number of amides is 2. The predicted molar refractivity (Wildman–Crippen MR) is 136 cm³/mol. The van der Waals surface area contributed by atoms with Gasteiger partial charge in [0.25, 0.3) is 5.91 Å². The van der Waals surface area contributed by atoms with Gasteiger partial charge in [-0.05, 0) is 86.3 Å². The van der Waals surface area contributed by atoms with E-state index in [1.54, 1.807) is 56.0 Å². The molecule has 0 atom stereocenters. The number of hydrogen-bond acceptors (Lipinski definition) is 3. The van der Waals surface area contributed by atoms with Gasteiger partial charge in [0, 0.05) is 30.2 Å². The number of benzene rings is 3. The van der Waals surface area contributed by atoms with Crippen LogP contribution in [0.1, 0.15) is 53.4 Å². The van der Waals surface area contributed by atoms with E-state index in [9.17, 15) is 14.0 Å². The lowest BCUT2D eigenvalue weighted by molar-refractivity contribution is 0.0523. The minimum absolute atomic E-state index is 0.189. The van der Waals surface area contributed by atoms with Crippen LogP contribution in [-0.2, 0) is 24.4 Å². The first-order valence-corrected chi connectivity index (χ1v) is 11.7. The van der Waals surface area contributed by atoms with Gasteiger partial charge in [0.1, 0.15) is 11.4 Å². The first-order valence-electron chi connectivity index (χ1n) is 11.3. The Kier molecular flexibility index (Phi) is 8.52. The lowest BCUT2D eigenvalue weighted by atomic mass is 10.1. The van der Waals surface area contributed by atoms with E-state index < -0.39 is 11.7 Å². The minimum atomic E-state index is -0.596. The number of hydrogen-bond donors (Lipinski definition) is 1. The number of carbonyl (C=O) groups is 2. The molecule has 0 fully saturated rings. The van der Waals surface area contributed by atoms with Gasteiger partial charge in [-0.3, -0.25) is 4.79 Å². The third-order valence-corrected chi connectivity index (χ3v) is 5.28. The molecule has 7 heteroatoms. The molecular formula is C28H30ClFN2O3. The van der Waals surface area contributed by atoms with Gasteiger partial charge < -0.3 is 15.0 Å². The van der Waals surface area contributed by atoms with E-state index in [-0.39, 0.29) is 18.3 Å². The molecule has 0 saturated heterocycles. The van der Waals surface area contributed by atoms with Crippen LogP contribution in [0, 0.1) is 12.7 Å². The van der Waals surface area contributed by atoms with Crippen molar-refractivity contribution in [3.63, 3.8) is 0 Å². The average Bonchev–Trinajstić information content (AvgIpc) is 2.76. The summed E-state index contributed by atoms with van der Waals surface area (Å²) < 4.78 is 18.7. The first-order chi connectivity index (χ1) is 16.5. The maximum absolute atomic E-state index is 13.6. The number of alkyl carbamates (subject to hydrolysis) is 1. The SMILES string of the molecule is Cc1cc(Cl)cc(CN(Cc2ccc(F)cc2)C(=O)c2cccc(CNC(=O)OC(C)(C)C)c2)c1. The summed E-state index contributed by atoms with van der Waals surface area (Å²) in [4.78, 5) is 27.3. The third kappa shape index (κ3) is 8.41. The maximum atomic E-state index is 13.6. The minimum Gasteiger partial charge on any atom is -0.444 e. The number of nitrogens with one attached hydrogen (secondary N) is 1. The molecule has 3 rings (SSSR count). The first kappa shape index (κ1) is 26.2. The highest BCUT2D eigenvalue weighted by Crippen LogP contribution is 2.20. The normalized spacial score (nSPS) is 11.1. The molecule has 0 spiro atoms. The van der Waals surface area contributed by atoms with Crippen LogP contribution in [0.5, 0.6) is 0 Å². The summed E-state index contributed by atoms with van der Waals surface area (Å²) in [6, 6.07) is 18.9. The molecule has 3 aromatic rings. The maximum Gasteiger partial charge on any atom is 0.407 e. The van der Waals surface area contributed by atoms with Gasteiger partial charge in [-0.15, -0.1) is 0 Å². The quantitative estimate of drug-likeness (QED) is 0.398. The van der Waals surface area contributed by atoms with E-state index in [1.165, 1.54) is 12.1 Å². The van der Waals surface area contributed by atoms with E-state index in [0.717, 1.165) is 22.3 Å². The highest BCUT2D eigenvalue weighted by Gasteiger charge is 2.19. The number of carbonyl (C=O) groups excluding carboxylic acids is 2. The molecule has 0 aliphatic rings. The van der Waals surface area contributed by atoms with Crippen molar-refractivity contribution in [2.24, 2.45) is 0 Å². The van der Waals surface area contributed by atoms with Crippen molar-refractivity contribution in [2.45, 2.75) is 52.9 Å². The van der Waals surface area contributed by atoms with Crippen molar-refractivity contribution in [1.82, 2.24) is 10.2 Å². The molecule has 5 nitrogen and oxygen atoms in total. The van der Waals surface area contributed by atoms with Gasteiger partial charge in [-0.25, -0.2) is 9.18 Å². The molecule has 35 heavy (non-hydrogen) atoms. The van der Waals surface area contributed by atoms with Crippen molar-refractivity contribution in [1.29, 1.82) is 0 Å². The van der Waals surface area contributed by atoms with Crippen molar-refractivity contribution in [2.75, 3.05) is 0 Å². The van der Waals surface area contributed by atoms with Crippen LogP contribution in [-0.4, -0.2) is 22.5 Å². The second-order valence-electron chi connectivity index (χ2n) is 9.48. The van der Waals surface area contributed by atoms with E-state index in [0.29, 0.717) is 23.7 Å². The summed E-state index contributed by atoms with van der Waals surface area (Å²) in [6.45, 7) is 8.18. The second-order valence-corrected chi connectivity index (χ2v) is 9.92. The fourth-order valence-corrected chi connectivity index (χ4v) is 3.93. The predicted octanol–water partition coefficient (Wildman–Crippen LogP) is 6.65. The molecular weight excluding hydrogens is 467 g/mol. The molecule has 2 amide bonds. The number of rotatable bonds is 7. The molecule has 0 heterocycles. The Morgan fingerprint density at radius 3 is 2.29 bits per heavy atom. The van der Waals surface area contributed by atoms with E-state index >= 15 is 0 Å². The molecule has 3 aromatic carbocycles. The molecule has 0 saturated carbocycles. The molecule has 0 aliphatic carbocycles. The highest BCUT2D eigenvalue weighted by molar-refractivity contribution is 6.30. The number of ether oxygens (including phenoxy) is 1. The monoisotopic (exact) mass is 496 g/mol. The van der Waals surface area contributed by atoms with Crippen LogP contribution in [0.2, 0.25) is 5.02 Å². The van der Waals surface area contributed by atoms with Gasteiger partial charge in [0.15, 0.2) is 0 Å². The van der Waals surface area contributed by atoms with Gasteiger partial charge in [0.05, 0.1) is 0 Å². The van der Waals surface area contributed by atoms with Crippen LogP contribution < -0.4 is 5.32 Å². The Labute approximate surface area is 210 Å². The number of nitrogens with zero attached hydrogens (tertiary/aromatic N) is 1.